The number of carbonyl (C=O) groups is 1. The van der Waals surface area contributed by atoms with Crippen LogP contribution in [0, 0.1) is 22.9 Å². The molecule has 3 heterocycles. The number of hydrogen-bond donors (Lipinski definition) is 1. The Balaban J connectivity index is 2.06. The molecule has 1 saturated heterocycles. The van der Waals surface area contributed by atoms with E-state index in [1.54, 1.807) is 30.0 Å². The Bertz CT molecular complexity index is 1390. The lowest BCUT2D eigenvalue weighted by atomic mass is 9.94. The van der Waals surface area contributed by atoms with Crippen molar-refractivity contribution in [1.29, 1.82) is 0 Å². The van der Waals surface area contributed by atoms with E-state index in [0.717, 1.165) is 0 Å². The smallest absolute Gasteiger partial charge is 0.407 e. The van der Waals surface area contributed by atoms with Gasteiger partial charge in [0.15, 0.2) is 5.94 Å². The number of halogens is 2. The van der Waals surface area contributed by atoms with Crippen LogP contribution in [0.1, 0.15) is 43.5 Å². The van der Waals surface area contributed by atoms with E-state index >= 15 is 0 Å². The molecule has 1 fully saturated rings. The molecule has 10 nitrogen and oxygen atoms in total. The molecule has 0 unspecified atom stereocenters. The van der Waals surface area contributed by atoms with E-state index in [2.05, 4.69) is 20.9 Å². The van der Waals surface area contributed by atoms with Crippen molar-refractivity contribution < 1.29 is 24.0 Å². The van der Waals surface area contributed by atoms with Crippen LogP contribution < -0.4 is 4.90 Å². The minimum atomic E-state index is -1.10. The van der Waals surface area contributed by atoms with Crippen molar-refractivity contribution in [3.8, 4) is 0 Å². The number of hydrogen-bond acceptors (Lipinski definition) is 7. The molecule has 4 rings (SSSR count). The summed E-state index contributed by atoms with van der Waals surface area (Å²) in [5.74, 6) is 1.06. The number of carbonyl (C=O) groups excluding carboxylic acids is 1. The fourth-order valence-corrected chi connectivity index (χ4v) is 5.25. The van der Waals surface area contributed by atoms with Gasteiger partial charge in [-0.3, -0.25) is 20.0 Å². The Morgan fingerprint density at radius 1 is 1.35 bits per heavy atom. The maximum absolute atomic E-state index is 15.0. The molecule has 2 aromatic rings. The Morgan fingerprint density at radius 2 is 2.05 bits per heavy atom. The number of pyridine rings is 1. The van der Waals surface area contributed by atoms with E-state index in [1.165, 1.54) is 21.9 Å². The number of nitro groups is 1. The van der Waals surface area contributed by atoms with Crippen LogP contribution in [0.5, 0.6) is 0 Å². The maximum Gasteiger partial charge on any atom is 0.407 e. The van der Waals surface area contributed by atoms with Crippen molar-refractivity contribution >= 4 is 45.0 Å². The summed E-state index contributed by atoms with van der Waals surface area (Å²) in [5.41, 5.74) is 1.54. The molecule has 12 heteroatoms. The van der Waals surface area contributed by atoms with Gasteiger partial charge in [0.25, 0.3) is 0 Å². The summed E-state index contributed by atoms with van der Waals surface area (Å²) in [6.45, 7) is 7.66. The molecule has 2 aliphatic rings. The second kappa shape index (κ2) is 9.95. The summed E-state index contributed by atoms with van der Waals surface area (Å²) in [4.78, 5) is 44.7. The number of aromatic nitrogens is 1. The molecule has 1 N–H and O–H groups in total. The zero-order valence-corrected chi connectivity index (χ0v) is 22.2. The lowest BCUT2D eigenvalue weighted by Crippen LogP contribution is -2.53. The van der Waals surface area contributed by atoms with Gasteiger partial charge in [0, 0.05) is 37.4 Å². The summed E-state index contributed by atoms with van der Waals surface area (Å²) >= 11 is 3.22. The summed E-state index contributed by atoms with van der Waals surface area (Å²) in [6, 6.07) is 3.93. The van der Waals surface area contributed by atoms with Crippen LogP contribution >= 0.6 is 15.9 Å². The molecule has 0 radical (unpaired) electrons. The fourth-order valence-electron chi connectivity index (χ4n) is 4.92. The first-order valence-corrected chi connectivity index (χ1v) is 12.4. The van der Waals surface area contributed by atoms with Gasteiger partial charge in [0.05, 0.1) is 26.5 Å². The quantitative estimate of drug-likeness (QED) is 0.311. The minimum absolute atomic E-state index is 0.0474. The normalized spacial score (nSPS) is 17.8. The largest absolute Gasteiger partial charge is 0.465 e. The van der Waals surface area contributed by atoms with Crippen molar-refractivity contribution in [3.63, 3.8) is 0 Å². The summed E-state index contributed by atoms with van der Waals surface area (Å²) in [7, 11) is 0. The average Bonchev–Trinajstić information content (AvgIpc) is 2.83. The Kier molecular flexibility index (Phi) is 7.07. The van der Waals surface area contributed by atoms with Crippen molar-refractivity contribution in [2.24, 2.45) is 0 Å². The first kappa shape index (κ1) is 26.3. The lowest BCUT2D eigenvalue weighted by molar-refractivity contribution is -0.420. The van der Waals surface area contributed by atoms with E-state index < -0.39 is 28.6 Å². The number of amides is 1. The zero-order chi connectivity index (χ0) is 27.2. The second-order valence-corrected chi connectivity index (χ2v) is 10.2. The first-order valence-electron chi connectivity index (χ1n) is 11.6. The number of anilines is 2. The Labute approximate surface area is 221 Å². The third-order valence-electron chi connectivity index (χ3n) is 6.60. The summed E-state index contributed by atoms with van der Waals surface area (Å²) in [5, 5.41) is 22.0. The third kappa shape index (κ3) is 4.47. The van der Waals surface area contributed by atoms with E-state index in [4.69, 9.17) is 0 Å². The van der Waals surface area contributed by atoms with Crippen molar-refractivity contribution in [1.82, 2.24) is 14.8 Å². The highest BCUT2D eigenvalue weighted by molar-refractivity contribution is 9.10. The number of aryl methyl sites for hydroxylation is 1. The van der Waals surface area contributed by atoms with Crippen LogP contribution in [-0.4, -0.2) is 62.5 Å². The molecule has 37 heavy (non-hydrogen) atoms. The van der Waals surface area contributed by atoms with Crippen molar-refractivity contribution in [2.45, 2.75) is 39.7 Å². The average molecular weight is 574 g/mol. The molecule has 0 bridgehead atoms. The number of benzene rings is 1. The van der Waals surface area contributed by atoms with Crippen LogP contribution in [0.2, 0.25) is 0 Å². The number of nitrogens with zero attached hydrogens (tertiary/aromatic N) is 5. The van der Waals surface area contributed by atoms with E-state index in [-0.39, 0.29) is 47.0 Å². The predicted octanol–water partition coefficient (Wildman–Crippen LogP) is 4.91. The van der Waals surface area contributed by atoms with E-state index in [9.17, 15) is 29.2 Å². The van der Waals surface area contributed by atoms with Gasteiger partial charge < -0.3 is 14.9 Å². The molecular formula is C25H25BrFN5O5. The van der Waals surface area contributed by atoms with Gasteiger partial charge in [-0.2, -0.15) is 0 Å². The number of rotatable bonds is 4. The summed E-state index contributed by atoms with van der Waals surface area (Å²) in [6.07, 6.45) is 0.533. The van der Waals surface area contributed by atoms with Gasteiger partial charge >= 0.3 is 11.8 Å². The molecule has 1 aromatic heterocycles. The molecule has 2 aliphatic heterocycles. The maximum atomic E-state index is 15.0. The van der Waals surface area contributed by atoms with Gasteiger partial charge in [0.1, 0.15) is 11.5 Å². The lowest BCUT2D eigenvalue weighted by Gasteiger charge is -2.43. The zero-order valence-electron chi connectivity index (χ0n) is 20.7. The predicted molar refractivity (Wildman–Crippen MR) is 138 cm³/mol. The van der Waals surface area contributed by atoms with Crippen LogP contribution in [0.4, 0.5) is 20.6 Å². The highest BCUT2D eigenvalue weighted by atomic mass is 79.9. The van der Waals surface area contributed by atoms with Gasteiger partial charge in [-0.05, 0) is 59.5 Å². The molecule has 1 amide bonds. The number of piperazine rings is 1. The number of carboxylic acid groups (broad SMARTS) is 1. The first-order chi connectivity index (χ1) is 17.5. The molecular weight excluding hydrogens is 549 g/mol. The highest BCUT2D eigenvalue weighted by Crippen LogP contribution is 2.49. The van der Waals surface area contributed by atoms with E-state index in [0.29, 0.717) is 22.6 Å². The molecule has 0 saturated carbocycles. The van der Waals surface area contributed by atoms with E-state index in [1.807, 2.05) is 20.8 Å². The third-order valence-corrected chi connectivity index (χ3v) is 7.20. The highest BCUT2D eigenvalue weighted by Gasteiger charge is 2.44. The van der Waals surface area contributed by atoms with Crippen LogP contribution in [0.3, 0.4) is 0 Å². The molecule has 1 atom stereocenters. The molecule has 0 spiro atoms. The summed E-state index contributed by atoms with van der Waals surface area (Å²) < 4.78 is 15.1. The van der Waals surface area contributed by atoms with Gasteiger partial charge in [-0.25, -0.2) is 14.0 Å². The SMILES string of the molecule is Cc1ccnc(C(C)C)c1N1C(=C=O)C([N+](=O)[O-])=C(N2CCN(C(=O)O)C[C@@H]2C)c2cc(F)c(Br)cc21. The topological polar surface area (TPSA) is 120 Å². The van der Waals surface area contributed by atoms with Crippen LogP contribution in [-0.2, 0) is 4.79 Å². The van der Waals surface area contributed by atoms with Gasteiger partial charge in [-0.1, -0.05) is 13.8 Å². The van der Waals surface area contributed by atoms with Crippen LogP contribution in [0.15, 0.2) is 40.3 Å². The molecule has 194 valence electrons. The minimum Gasteiger partial charge on any atom is -0.465 e. The van der Waals surface area contributed by atoms with Crippen molar-refractivity contribution in [2.75, 3.05) is 24.5 Å². The van der Waals surface area contributed by atoms with Gasteiger partial charge in [-0.15, -0.1) is 0 Å². The molecule has 1 aromatic carbocycles. The van der Waals surface area contributed by atoms with Crippen molar-refractivity contribution in [3.05, 3.63) is 73.0 Å². The fraction of sp³-hybridized carbons (Fsp3) is 0.360. The van der Waals surface area contributed by atoms with Crippen LogP contribution in [0.25, 0.3) is 5.70 Å². The van der Waals surface area contributed by atoms with Gasteiger partial charge in [0.2, 0.25) is 5.70 Å². The standard InChI is InChI=1S/C25H25BrFN5O5/c1-13(2)21-22(14(3)5-6-28-21)31-19-10-17(26)18(27)9-16(19)23(24(32(36)37)20(31)12-33)30-8-7-29(25(34)35)11-15(30)4/h5-6,9-10,13,15H,7-8,11H2,1-4H3,(H,34,35)/t15-/m0/s1. The molecule has 0 aliphatic carbocycles. The Morgan fingerprint density at radius 3 is 2.62 bits per heavy atom. The Hall–Kier alpha value is -3.76. The number of fused-ring (bicyclic) bond motifs is 1. The second-order valence-electron chi connectivity index (χ2n) is 9.31. The monoisotopic (exact) mass is 573 g/mol.